The molecule has 1 aromatic rings. The summed E-state index contributed by atoms with van der Waals surface area (Å²) in [6, 6.07) is 4.98. The maximum absolute atomic E-state index is 9.70. The van der Waals surface area contributed by atoms with E-state index in [0.29, 0.717) is 0 Å². The van der Waals surface area contributed by atoms with Crippen LogP contribution >= 0.6 is 0 Å². The number of aliphatic hydroxyl groups is 1. The molecule has 0 saturated carbocycles. The van der Waals surface area contributed by atoms with Crippen molar-refractivity contribution in [2.45, 2.75) is 64.4 Å². The Labute approximate surface area is 115 Å². The molecule has 1 atom stereocenters. The molecule has 0 aromatic heterocycles. The summed E-state index contributed by atoms with van der Waals surface area (Å²) in [7, 11) is 0. The van der Waals surface area contributed by atoms with Gasteiger partial charge >= 0.3 is 0 Å². The van der Waals surface area contributed by atoms with Crippen LogP contribution in [0.1, 0.15) is 57.4 Å². The second-order valence-electron chi connectivity index (χ2n) is 5.22. The third-order valence-electron chi connectivity index (χ3n) is 3.43. The highest BCUT2D eigenvalue weighted by atomic mass is 16.3. The fourth-order valence-electron chi connectivity index (χ4n) is 2.19. The van der Waals surface area contributed by atoms with Gasteiger partial charge in [-0.1, -0.05) is 38.7 Å². The number of hydrogen-bond donors (Lipinski definition) is 3. The average Bonchev–Trinajstić information content (AvgIpc) is 2.40. The monoisotopic (exact) mass is 266 g/mol. The van der Waals surface area contributed by atoms with Crippen molar-refractivity contribution in [2.24, 2.45) is 0 Å². The summed E-state index contributed by atoms with van der Waals surface area (Å²) in [5, 5.41) is 28.3. The van der Waals surface area contributed by atoms with Crippen LogP contribution in [0.15, 0.2) is 18.2 Å². The number of aliphatic hydroxyl groups excluding tert-OH is 1. The number of aromatic hydroxyl groups is 2. The molecule has 1 unspecified atom stereocenters. The Morgan fingerprint density at radius 2 is 1.68 bits per heavy atom. The lowest BCUT2D eigenvalue weighted by Gasteiger charge is -2.09. The first-order valence-corrected chi connectivity index (χ1v) is 7.32. The number of unbranched alkanes of at least 4 members (excludes halogenated alkanes) is 3. The summed E-state index contributed by atoms with van der Waals surface area (Å²) in [6.07, 6.45) is 8.00. The van der Waals surface area contributed by atoms with Crippen molar-refractivity contribution in [3.05, 3.63) is 23.8 Å². The van der Waals surface area contributed by atoms with Crippen molar-refractivity contribution < 1.29 is 15.3 Å². The Morgan fingerprint density at radius 1 is 0.947 bits per heavy atom. The molecule has 3 N–H and O–H groups in total. The van der Waals surface area contributed by atoms with E-state index in [1.54, 1.807) is 6.07 Å². The number of rotatable bonds is 9. The molecule has 1 rings (SSSR count). The number of aryl methyl sites for hydroxylation is 1. The lowest BCUT2D eigenvalue weighted by atomic mass is 10.0. The van der Waals surface area contributed by atoms with E-state index in [1.165, 1.54) is 6.07 Å². The quantitative estimate of drug-likeness (QED) is 0.471. The van der Waals surface area contributed by atoms with Crippen LogP contribution in [0.4, 0.5) is 0 Å². The Hall–Kier alpha value is -1.22. The maximum atomic E-state index is 9.70. The Morgan fingerprint density at radius 3 is 2.37 bits per heavy atom. The molecule has 0 fully saturated rings. The molecule has 0 aliphatic rings. The molecule has 19 heavy (non-hydrogen) atoms. The number of phenolic OH excluding ortho intramolecular Hbond substituents is 2. The van der Waals surface area contributed by atoms with E-state index in [2.05, 4.69) is 6.92 Å². The van der Waals surface area contributed by atoms with Crippen molar-refractivity contribution in [1.29, 1.82) is 0 Å². The standard InChI is InChI=1S/C16H26O3/c1-2-3-8-14(17)9-6-4-5-7-13-10-11-15(18)16(19)12-13/h10-12,14,17-19H,2-9H2,1H3. The van der Waals surface area contributed by atoms with Crippen molar-refractivity contribution in [2.75, 3.05) is 0 Å². The first-order valence-electron chi connectivity index (χ1n) is 7.32. The lowest BCUT2D eigenvalue weighted by molar-refractivity contribution is 0.148. The van der Waals surface area contributed by atoms with Gasteiger partial charge in [0.25, 0.3) is 0 Å². The topological polar surface area (TPSA) is 60.7 Å². The third kappa shape index (κ3) is 6.48. The van der Waals surface area contributed by atoms with Crippen molar-refractivity contribution >= 4 is 0 Å². The maximum Gasteiger partial charge on any atom is 0.157 e. The molecule has 0 spiro atoms. The van der Waals surface area contributed by atoms with Gasteiger partial charge in [-0.2, -0.15) is 0 Å². The van der Waals surface area contributed by atoms with Crippen LogP contribution in [0.5, 0.6) is 11.5 Å². The van der Waals surface area contributed by atoms with E-state index in [-0.39, 0.29) is 17.6 Å². The van der Waals surface area contributed by atoms with E-state index in [4.69, 9.17) is 0 Å². The molecule has 0 radical (unpaired) electrons. The molecule has 1 aromatic carbocycles. The highest BCUT2D eigenvalue weighted by Gasteiger charge is 2.04. The molecule has 108 valence electrons. The zero-order valence-electron chi connectivity index (χ0n) is 11.8. The van der Waals surface area contributed by atoms with Gasteiger partial charge in [0.1, 0.15) is 0 Å². The van der Waals surface area contributed by atoms with Crippen molar-refractivity contribution in [1.82, 2.24) is 0 Å². The second-order valence-corrected chi connectivity index (χ2v) is 5.22. The molecular formula is C16H26O3. The normalized spacial score (nSPS) is 12.5. The van der Waals surface area contributed by atoms with Gasteiger partial charge in [-0.25, -0.2) is 0 Å². The first kappa shape index (κ1) is 15.8. The summed E-state index contributed by atoms with van der Waals surface area (Å²) in [4.78, 5) is 0. The summed E-state index contributed by atoms with van der Waals surface area (Å²) < 4.78 is 0. The van der Waals surface area contributed by atoms with Crippen LogP contribution in [-0.4, -0.2) is 21.4 Å². The smallest absolute Gasteiger partial charge is 0.157 e. The first-order chi connectivity index (χ1) is 9.13. The van der Waals surface area contributed by atoms with Crippen LogP contribution in [0.3, 0.4) is 0 Å². The van der Waals surface area contributed by atoms with Crippen LogP contribution in [-0.2, 0) is 6.42 Å². The fourth-order valence-corrected chi connectivity index (χ4v) is 2.19. The van der Waals surface area contributed by atoms with Crippen LogP contribution < -0.4 is 0 Å². The highest BCUT2D eigenvalue weighted by Crippen LogP contribution is 2.25. The Kier molecular flexibility index (Phi) is 7.34. The van der Waals surface area contributed by atoms with E-state index in [1.807, 2.05) is 6.07 Å². The fraction of sp³-hybridized carbons (Fsp3) is 0.625. The minimum Gasteiger partial charge on any atom is -0.504 e. The van der Waals surface area contributed by atoms with Crippen molar-refractivity contribution in [3.63, 3.8) is 0 Å². The Bertz CT molecular complexity index is 363. The number of hydrogen-bond acceptors (Lipinski definition) is 3. The molecular weight excluding hydrogens is 240 g/mol. The molecule has 0 aliphatic heterocycles. The molecule has 0 heterocycles. The van der Waals surface area contributed by atoms with Gasteiger partial charge in [0.05, 0.1) is 6.10 Å². The molecule has 0 bridgehead atoms. The molecule has 0 amide bonds. The predicted molar refractivity (Wildman–Crippen MR) is 77.5 cm³/mol. The SMILES string of the molecule is CCCCC(O)CCCCCc1ccc(O)c(O)c1. The highest BCUT2D eigenvalue weighted by molar-refractivity contribution is 5.40. The zero-order valence-corrected chi connectivity index (χ0v) is 11.8. The summed E-state index contributed by atoms with van der Waals surface area (Å²) in [6.45, 7) is 2.14. The summed E-state index contributed by atoms with van der Waals surface area (Å²) >= 11 is 0. The second kappa shape index (κ2) is 8.81. The predicted octanol–water partition coefficient (Wildman–Crippen LogP) is 3.75. The van der Waals surface area contributed by atoms with E-state index >= 15 is 0 Å². The lowest BCUT2D eigenvalue weighted by Crippen LogP contribution is -2.05. The van der Waals surface area contributed by atoms with Crippen LogP contribution in [0, 0.1) is 0 Å². The number of benzene rings is 1. The van der Waals surface area contributed by atoms with E-state index in [0.717, 1.165) is 56.9 Å². The van der Waals surface area contributed by atoms with Gasteiger partial charge in [0.15, 0.2) is 11.5 Å². The van der Waals surface area contributed by atoms with Crippen LogP contribution in [0.2, 0.25) is 0 Å². The number of phenols is 2. The molecule has 3 heteroatoms. The van der Waals surface area contributed by atoms with Crippen molar-refractivity contribution in [3.8, 4) is 11.5 Å². The average molecular weight is 266 g/mol. The van der Waals surface area contributed by atoms with Gasteiger partial charge in [0.2, 0.25) is 0 Å². The largest absolute Gasteiger partial charge is 0.504 e. The van der Waals surface area contributed by atoms with E-state index in [9.17, 15) is 15.3 Å². The summed E-state index contributed by atoms with van der Waals surface area (Å²) in [5.41, 5.74) is 1.04. The van der Waals surface area contributed by atoms with Gasteiger partial charge in [0, 0.05) is 0 Å². The molecule has 0 aliphatic carbocycles. The van der Waals surface area contributed by atoms with Crippen LogP contribution in [0.25, 0.3) is 0 Å². The van der Waals surface area contributed by atoms with Gasteiger partial charge < -0.3 is 15.3 Å². The summed E-state index contributed by atoms with van der Waals surface area (Å²) in [5.74, 6) is -0.115. The minimum atomic E-state index is -0.141. The van der Waals surface area contributed by atoms with Gasteiger partial charge in [-0.05, 0) is 43.4 Å². The van der Waals surface area contributed by atoms with E-state index < -0.39 is 0 Å². The Balaban J connectivity index is 2.12. The molecule has 3 nitrogen and oxygen atoms in total. The molecule has 0 saturated heterocycles. The van der Waals surface area contributed by atoms with Gasteiger partial charge in [-0.15, -0.1) is 0 Å². The third-order valence-corrected chi connectivity index (χ3v) is 3.43. The zero-order chi connectivity index (χ0) is 14.1. The van der Waals surface area contributed by atoms with Gasteiger partial charge in [-0.3, -0.25) is 0 Å². The minimum absolute atomic E-state index is 0.0486.